The summed E-state index contributed by atoms with van der Waals surface area (Å²) in [6, 6.07) is -7.99. The van der Waals surface area contributed by atoms with Gasteiger partial charge in [-0.2, -0.15) is 0 Å². The van der Waals surface area contributed by atoms with Crippen LogP contribution in [0.15, 0.2) is 30.3 Å². The molecule has 14 atom stereocenters. The number of aliphatic hydroxyl groups excluding tert-OH is 2. The van der Waals surface area contributed by atoms with Gasteiger partial charge >= 0.3 is 11.9 Å². The zero-order valence-electron chi connectivity index (χ0n) is 58.7. The fourth-order valence-corrected chi connectivity index (χ4v) is 11.3. The van der Waals surface area contributed by atoms with Crippen molar-refractivity contribution < 1.29 is 87.5 Å². The Kier molecular flexibility index (Phi) is 38.3. The number of aliphatic carboxylic acids is 2. The van der Waals surface area contributed by atoms with Crippen LogP contribution in [0.4, 0.5) is 0 Å². The highest BCUT2D eigenvalue weighted by atomic mass is 16.4. The number of likely N-dealkylation sites (tertiary alicyclic amines) is 2. The number of carboxylic acid groups (broad SMARTS) is 2. The molecule has 1 aromatic carbocycles. The first-order valence-electron chi connectivity index (χ1n) is 34.5. The standard InChI is InChI=1S/C64H107N21O18/c1-34(51(91)76-35(2)62(102)103)75-54(94)41(20-12-28-72-63(68)69)78-55(95)40(18-8-10-26-65)80-57(97)45-22-14-30-84(45)60(100)44(19-9-11-27-66)81-58(98)46-23-15-31-85(46)61(101)50(37(4)87)83-59(99)49(36(3)86)82-47(88)33-74-53(93)43(24-25-48(89)90)79-56(96)42(21-13-29-73-64(70)71)77-52(92)39(67)32-38-16-6-5-7-17-38/h5-7,16-17,34-37,39-46,49-50,86-87H,8-15,18-33,65-67H2,1-4H3,(H,74,93)(H,75,94)(H,76,91)(H,77,92)(H,78,95)(H,79,96)(H,80,97)(H,81,98)(H,82,88)(H,83,99)(H,89,90)(H,102,103)(H4,68,69,72)(H4,70,71,73)/t34-,35-,36+,37+,39-,40-,41-,42-,43-,44-,45-,46-,49-,50-/m0/s1. The molecule has 2 aliphatic heterocycles. The molecular weight excluding hydrogens is 1350 g/mol. The number of amides is 12. The zero-order chi connectivity index (χ0) is 77.0. The Balaban J connectivity index is 1.78. The first-order chi connectivity index (χ1) is 48.7. The predicted octanol–water partition coefficient (Wildman–Crippen LogP) is -7.45. The molecule has 0 unspecified atom stereocenters. The van der Waals surface area contributed by atoms with Crippen LogP contribution in [-0.2, 0) is 73.5 Å². The van der Waals surface area contributed by atoms with E-state index in [1.165, 1.54) is 18.7 Å². The number of hydrogen-bond acceptors (Lipinski definition) is 21. The summed E-state index contributed by atoms with van der Waals surface area (Å²) in [5, 5.41) is 85.3. The Morgan fingerprint density at radius 1 is 0.495 bits per heavy atom. The van der Waals surface area contributed by atoms with Gasteiger partial charge in [-0.25, -0.2) is 0 Å². The third kappa shape index (κ3) is 30.7. The van der Waals surface area contributed by atoms with Gasteiger partial charge in [0, 0.05) is 32.6 Å². The summed E-state index contributed by atoms with van der Waals surface area (Å²) < 4.78 is 0. The molecule has 39 nitrogen and oxygen atoms in total. The van der Waals surface area contributed by atoms with E-state index < -0.39 is 187 Å². The minimum Gasteiger partial charge on any atom is -0.481 e. The molecule has 1 aromatic rings. The molecule has 2 heterocycles. The second-order valence-electron chi connectivity index (χ2n) is 25.5. The Hall–Kier alpha value is -9.86. The lowest BCUT2D eigenvalue weighted by Crippen LogP contribution is -2.62. The molecule has 2 fully saturated rings. The Labute approximate surface area is 596 Å². The van der Waals surface area contributed by atoms with Gasteiger partial charge < -0.3 is 123 Å². The highest BCUT2D eigenvalue weighted by molar-refractivity contribution is 6.00. The van der Waals surface area contributed by atoms with Gasteiger partial charge in [-0.05, 0) is 149 Å². The SMILES string of the molecule is C[C@H](NC(=O)[C@H](C)NC(=O)[C@H](CCCNC(=N)N)NC(=O)[C@H](CCCCN)NC(=O)[C@@H]1CCCN1C(=O)[C@H](CCCCN)NC(=O)[C@@H]1CCCN1C(=O)[C@@H](NC(=O)[C@@H](NC(=O)CNC(=O)[C@H](CCC(=O)O)NC(=O)[C@H](CCCNC(=N)N)NC(=O)[C@@H](N)Cc1ccccc1)[C@@H](C)O)[C@@H](C)O)C(=O)O. The largest absolute Gasteiger partial charge is 0.481 e. The molecule has 28 N–H and O–H groups in total. The van der Waals surface area contributed by atoms with Crippen molar-refractivity contribution in [3.8, 4) is 0 Å². The maximum absolute atomic E-state index is 14.7. The van der Waals surface area contributed by atoms with Crippen molar-refractivity contribution >= 4 is 94.7 Å². The first kappa shape index (κ1) is 87.4. The van der Waals surface area contributed by atoms with Crippen molar-refractivity contribution in [1.29, 1.82) is 10.8 Å². The average Bonchev–Trinajstić information content (AvgIpc) is 1.73. The molecule has 0 saturated carbocycles. The van der Waals surface area contributed by atoms with Crippen LogP contribution < -0.4 is 92.5 Å². The summed E-state index contributed by atoms with van der Waals surface area (Å²) in [4.78, 5) is 192. The topological polar surface area (TPSA) is 649 Å². The Morgan fingerprint density at radius 3 is 1.43 bits per heavy atom. The van der Waals surface area contributed by atoms with Gasteiger partial charge in [-0.15, -0.1) is 0 Å². The van der Waals surface area contributed by atoms with Gasteiger partial charge in [0.05, 0.1) is 24.8 Å². The quantitative estimate of drug-likeness (QED) is 0.0164. The molecule has 0 aliphatic carbocycles. The van der Waals surface area contributed by atoms with Gasteiger partial charge in [0.25, 0.3) is 0 Å². The number of nitrogens with two attached hydrogens (primary N) is 5. The Bertz CT molecular complexity index is 3080. The van der Waals surface area contributed by atoms with Crippen LogP contribution in [0.25, 0.3) is 0 Å². The number of unbranched alkanes of at least 4 members (excludes halogenated alkanes) is 2. The number of nitrogens with zero attached hydrogens (tertiary/aromatic N) is 2. The summed E-state index contributed by atoms with van der Waals surface area (Å²) in [5.41, 5.74) is 29.3. The van der Waals surface area contributed by atoms with E-state index in [1.807, 2.05) is 0 Å². The molecule has 0 spiro atoms. The van der Waals surface area contributed by atoms with Gasteiger partial charge in [-0.1, -0.05) is 30.3 Å². The fourth-order valence-electron chi connectivity index (χ4n) is 11.3. The van der Waals surface area contributed by atoms with Crippen molar-refractivity contribution in [2.24, 2.45) is 28.7 Å². The predicted molar refractivity (Wildman–Crippen MR) is 371 cm³/mol. The molecule has 0 bridgehead atoms. The van der Waals surface area contributed by atoms with E-state index in [1.54, 1.807) is 30.3 Å². The first-order valence-corrected chi connectivity index (χ1v) is 34.5. The Morgan fingerprint density at radius 2 is 0.942 bits per heavy atom. The second-order valence-corrected chi connectivity index (χ2v) is 25.5. The van der Waals surface area contributed by atoms with Crippen molar-refractivity contribution in [3.05, 3.63) is 35.9 Å². The number of guanidine groups is 2. The third-order valence-electron chi connectivity index (χ3n) is 17.0. The number of carbonyl (C=O) groups excluding carboxylic acids is 12. The number of nitrogens with one attached hydrogen (secondary N) is 14. The molecule has 0 radical (unpaired) electrons. The molecule has 2 aliphatic rings. The number of hydrogen-bond donors (Lipinski definition) is 23. The third-order valence-corrected chi connectivity index (χ3v) is 17.0. The molecule has 576 valence electrons. The smallest absolute Gasteiger partial charge is 0.325 e. The minimum atomic E-state index is -1.87. The minimum absolute atomic E-state index is 0.0164. The molecule has 103 heavy (non-hydrogen) atoms. The monoisotopic (exact) mass is 1460 g/mol. The summed E-state index contributed by atoms with van der Waals surface area (Å²) in [7, 11) is 0. The summed E-state index contributed by atoms with van der Waals surface area (Å²) in [6.07, 6.45) is -2.03. The maximum Gasteiger partial charge on any atom is 0.325 e. The molecule has 2 saturated heterocycles. The van der Waals surface area contributed by atoms with E-state index in [-0.39, 0.29) is 115 Å². The lowest BCUT2D eigenvalue weighted by Gasteiger charge is -2.33. The number of carboxylic acids is 2. The zero-order valence-corrected chi connectivity index (χ0v) is 58.7. The second kappa shape index (κ2) is 45.2. The number of carbonyl (C=O) groups is 14. The van der Waals surface area contributed by atoms with E-state index in [2.05, 4.69) is 63.8 Å². The van der Waals surface area contributed by atoms with Crippen molar-refractivity contribution in [2.45, 2.75) is 222 Å². The van der Waals surface area contributed by atoms with Gasteiger partial charge in [-0.3, -0.25) is 77.9 Å². The number of benzene rings is 1. The van der Waals surface area contributed by atoms with E-state index in [0.29, 0.717) is 32.1 Å². The highest BCUT2D eigenvalue weighted by Crippen LogP contribution is 2.24. The van der Waals surface area contributed by atoms with Crippen LogP contribution in [0.3, 0.4) is 0 Å². The van der Waals surface area contributed by atoms with Crippen LogP contribution in [0, 0.1) is 10.8 Å². The number of aliphatic hydroxyl groups is 2. The fraction of sp³-hybridized carbons (Fsp3) is 0.656. The van der Waals surface area contributed by atoms with E-state index in [0.717, 1.165) is 24.3 Å². The average molecular weight is 1460 g/mol. The normalized spacial score (nSPS) is 17.5. The summed E-state index contributed by atoms with van der Waals surface area (Å²) in [6.45, 7) is 4.46. The van der Waals surface area contributed by atoms with E-state index >= 15 is 0 Å². The van der Waals surface area contributed by atoms with Gasteiger partial charge in [0.1, 0.15) is 66.5 Å². The van der Waals surface area contributed by atoms with Gasteiger partial charge in [0.2, 0.25) is 70.9 Å². The summed E-state index contributed by atoms with van der Waals surface area (Å²) >= 11 is 0. The van der Waals surface area contributed by atoms with Crippen molar-refractivity contribution in [3.63, 3.8) is 0 Å². The highest BCUT2D eigenvalue weighted by Gasteiger charge is 2.44. The van der Waals surface area contributed by atoms with Crippen molar-refractivity contribution in [1.82, 2.24) is 73.6 Å². The lowest BCUT2D eigenvalue weighted by atomic mass is 10.0. The van der Waals surface area contributed by atoms with Crippen LogP contribution in [0.1, 0.15) is 136 Å². The molecule has 12 amide bonds. The molecule has 39 heteroatoms. The van der Waals surface area contributed by atoms with Crippen LogP contribution in [0.5, 0.6) is 0 Å². The van der Waals surface area contributed by atoms with E-state index in [4.69, 9.17) is 39.5 Å². The van der Waals surface area contributed by atoms with Crippen molar-refractivity contribution in [2.75, 3.05) is 45.8 Å². The van der Waals surface area contributed by atoms with Gasteiger partial charge in [0.15, 0.2) is 11.9 Å². The van der Waals surface area contributed by atoms with Crippen LogP contribution in [0.2, 0.25) is 0 Å². The molecule has 3 rings (SSSR count). The van der Waals surface area contributed by atoms with Crippen LogP contribution >= 0.6 is 0 Å². The van der Waals surface area contributed by atoms with Crippen LogP contribution in [-0.4, -0.2) is 255 Å². The molecule has 0 aromatic heterocycles. The number of rotatable bonds is 46. The summed E-state index contributed by atoms with van der Waals surface area (Å²) in [5.74, 6) is -14.2. The lowest BCUT2D eigenvalue weighted by molar-refractivity contribution is -0.146. The van der Waals surface area contributed by atoms with E-state index in [9.17, 15) is 87.5 Å². The molecular formula is C64H107N21O18. The maximum atomic E-state index is 14.7.